The van der Waals surface area contributed by atoms with Crippen molar-refractivity contribution in [3.05, 3.63) is 0 Å². The fraction of sp³-hybridized carbons (Fsp3) is 0.947. The molecule has 124 valence electrons. The standard InChI is InChI=1S/C19H31NOS/c1-18-11-9-17(21)20-15(18)6-4-12-13-5-7-16(22-3)19(13,2)10-8-14(12)18/h12-16H,4-11H2,1-3H3,(H,20,21)/t12-,13-,14+,15?,16?,18+,19-/m0/s1. The Kier molecular flexibility index (Phi) is 3.60. The molecule has 1 saturated heterocycles. The highest BCUT2D eigenvalue weighted by Gasteiger charge is 2.60. The number of carbonyl (C=O) groups excluding carboxylic acids is 1. The molecule has 1 aliphatic heterocycles. The predicted octanol–water partition coefficient (Wildman–Crippen LogP) is 4.24. The zero-order valence-electron chi connectivity index (χ0n) is 14.4. The molecule has 1 amide bonds. The van der Waals surface area contributed by atoms with Crippen molar-refractivity contribution in [2.45, 2.75) is 76.5 Å². The lowest BCUT2D eigenvalue weighted by Gasteiger charge is -2.60. The Morgan fingerprint density at radius 2 is 1.77 bits per heavy atom. The zero-order valence-corrected chi connectivity index (χ0v) is 15.2. The Labute approximate surface area is 139 Å². The van der Waals surface area contributed by atoms with E-state index in [1.54, 1.807) is 0 Å². The lowest BCUT2D eigenvalue weighted by Crippen LogP contribution is -2.61. The van der Waals surface area contributed by atoms with Crippen molar-refractivity contribution in [1.82, 2.24) is 5.32 Å². The van der Waals surface area contributed by atoms with Gasteiger partial charge in [0, 0.05) is 17.7 Å². The third-order valence-corrected chi connectivity index (χ3v) is 9.64. The minimum atomic E-state index is 0.296. The van der Waals surface area contributed by atoms with Crippen LogP contribution in [0.4, 0.5) is 0 Å². The summed E-state index contributed by atoms with van der Waals surface area (Å²) in [6, 6.07) is 0.456. The molecule has 1 N–H and O–H groups in total. The summed E-state index contributed by atoms with van der Waals surface area (Å²) in [6.07, 6.45) is 12.5. The number of carbonyl (C=O) groups is 1. The molecule has 3 saturated carbocycles. The van der Waals surface area contributed by atoms with Crippen molar-refractivity contribution in [2.75, 3.05) is 6.26 Å². The molecule has 0 spiro atoms. The van der Waals surface area contributed by atoms with Gasteiger partial charge in [-0.3, -0.25) is 4.79 Å². The lowest BCUT2D eigenvalue weighted by atomic mass is 9.48. The molecule has 0 aromatic heterocycles. The van der Waals surface area contributed by atoms with Gasteiger partial charge in [-0.25, -0.2) is 0 Å². The monoisotopic (exact) mass is 321 g/mol. The minimum Gasteiger partial charge on any atom is -0.353 e. The Hall–Kier alpha value is -0.180. The third kappa shape index (κ3) is 1.96. The number of hydrogen-bond acceptors (Lipinski definition) is 2. The quantitative estimate of drug-likeness (QED) is 0.782. The Morgan fingerprint density at radius 1 is 1.00 bits per heavy atom. The Morgan fingerprint density at radius 3 is 2.55 bits per heavy atom. The molecule has 0 radical (unpaired) electrons. The minimum absolute atomic E-state index is 0.296. The predicted molar refractivity (Wildman–Crippen MR) is 92.9 cm³/mol. The van der Waals surface area contributed by atoms with Crippen LogP contribution in [-0.2, 0) is 4.79 Å². The van der Waals surface area contributed by atoms with Crippen LogP contribution in [0.5, 0.6) is 0 Å². The molecule has 4 fully saturated rings. The van der Waals surface area contributed by atoms with Crippen molar-refractivity contribution < 1.29 is 4.79 Å². The first-order chi connectivity index (χ1) is 10.5. The molecule has 1 heterocycles. The van der Waals surface area contributed by atoms with Gasteiger partial charge in [0.15, 0.2) is 0 Å². The van der Waals surface area contributed by atoms with Gasteiger partial charge < -0.3 is 5.32 Å². The number of nitrogens with one attached hydrogen (secondary N) is 1. The van der Waals surface area contributed by atoms with Crippen LogP contribution in [0.2, 0.25) is 0 Å². The van der Waals surface area contributed by atoms with E-state index in [-0.39, 0.29) is 0 Å². The van der Waals surface area contributed by atoms with Crippen LogP contribution in [0.25, 0.3) is 0 Å². The second-order valence-corrected chi connectivity index (χ2v) is 9.97. The van der Waals surface area contributed by atoms with Crippen LogP contribution >= 0.6 is 11.8 Å². The van der Waals surface area contributed by atoms with Gasteiger partial charge in [0.1, 0.15) is 0 Å². The van der Waals surface area contributed by atoms with Crippen LogP contribution in [0.1, 0.15) is 65.2 Å². The molecule has 4 aliphatic rings. The van der Waals surface area contributed by atoms with E-state index in [0.29, 0.717) is 22.8 Å². The molecule has 22 heavy (non-hydrogen) atoms. The van der Waals surface area contributed by atoms with Crippen molar-refractivity contribution >= 4 is 17.7 Å². The van der Waals surface area contributed by atoms with Crippen molar-refractivity contribution in [3.8, 4) is 0 Å². The summed E-state index contributed by atoms with van der Waals surface area (Å²) < 4.78 is 0. The highest BCUT2D eigenvalue weighted by Crippen LogP contribution is 2.65. The molecule has 3 aliphatic carbocycles. The first kappa shape index (κ1) is 15.4. The van der Waals surface area contributed by atoms with Crippen molar-refractivity contribution in [2.24, 2.45) is 28.6 Å². The van der Waals surface area contributed by atoms with Gasteiger partial charge in [-0.1, -0.05) is 13.8 Å². The average Bonchev–Trinajstić information content (AvgIpc) is 2.84. The number of thioether (sulfide) groups is 1. The molecule has 0 aromatic carbocycles. The maximum atomic E-state index is 11.8. The summed E-state index contributed by atoms with van der Waals surface area (Å²) in [5.41, 5.74) is 0.956. The largest absolute Gasteiger partial charge is 0.353 e. The molecule has 7 atom stereocenters. The van der Waals surface area contributed by atoms with E-state index in [0.717, 1.165) is 35.8 Å². The van der Waals surface area contributed by atoms with Gasteiger partial charge in [0.25, 0.3) is 0 Å². The second-order valence-electron chi connectivity index (χ2n) is 8.93. The normalized spacial score (nSPS) is 54.1. The molecule has 2 unspecified atom stereocenters. The van der Waals surface area contributed by atoms with E-state index in [1.165, 1.54) is 38.5 Å². The fourth-order valence-corrected chi connectivity index (χ4v) is 8.24. The molecular formula is C19H31NOS. The van der Waals surface area contributed by atoms with Crippen LogP contribution < -0.4 is 5.32 Å². The SMILES string of the molecule is CSC1CC[C@H]2[C@@H]3CCC4NC(=O)CC[C@]4(C)[C@@H]3CC[C@]12C. The maximum absolute atomic E-state index is 11.8. The van der Waals surface area contributed by atoms with Crippen LogP contribution in [0.15, 0.2) is 0 Å². The fourth-order valence-electron chi connectivity index (χ4n) is 7.04. The number of fused-ring (bicyclic) bond motifs is 5. The van der Waals surface area contributed by atoms with Crippen molar-refractivity contribution in [3.63, 3.8) is 0 Å². The Balaban J connectivity index is 1.62. The Bertz CT molecular complexity index is 480. The van der Waals surface area contributed by atoms with Gasteiger partial charge in [-0.05, 0) is 79.8 Å². The van der Waals surface area contributed by atoms with Crippen LogP contribution in [0, 0.1) is 28.6 Å². The molecular weight excluding hydrogens is 290 g/mol. The summed E-state index contributed by atoms with van der Waals surface area (Å²) in [7, 11) is 0. The molecule has 0 aromatic rings. The van der Waals surface area contributed by atoms with Crippen molar-refractivity contribution in [1.29, 1.82) is 0 Å². The maximum Gasteiger partial charge on any atom is 0.220 e. The molecule has 0 bridgehead atoms. The highest BCUT2D eigenvalue weighted by molar-refractivity contribution is 7.99. The highest BCUT2D eigenvalue weighted by atomic mass is 32.2. The smallest absolute Gasteiger partial charge is 0.220 e. The van der Waals surface area contributed by atoms with Gasteiger partial charge >= 0.3 is 0 Å². The van der Waals surface area contributed by atoms with E-state index in [4.69, 9.17) is 0 Å². The lowest BCUT2D eigenvalue weighted by molar-refractivity contribution is -0.135. The number of piperidine rings is 1. The van der Waals surface area contributed by atoms with E-state index < -0.39 is 0 Å². The van der Waals surface area contributed by atoms with Crippen LogP contribution in [0.3, 0.4) is 0 Å². The third-order valence-electron chi connectivity index (χ3n) is 8.29. The van der Waals surface area contributed by atoms with Gasteiger partial charge in [0.2, 0.25) is 5.91 Å². The average molecular weight is 322 g/mol. The summed E-state index contributed by atoms with van der Waals surface area (Å²) in [5, 5.41) is 4.22. The number of amides is 1. The first-order valence-corrected chi connectivity index (χ1v) is 10.6. The summed E-state index contributed by atoms with van der Waals surface area (Å²) in [6.45, 7) is 5.09. The van der Waals surface area contributed by atoms with E-state index >= 15 is 0 Å². The molecule has 3 heteroatoms. The number of hydrogen-bond donors (Lipinski definition) is 1. The molecule has 2 nitrogen and oxygen atoms in total. The summed E-state index contributed by atoms with van der Waals surface area (Å²) in [4.78, 5) is 11.8. The van der Waals surface area contributed by atoms with Gasteiger partial charge in [-0.2, -0.15) is 11.8 Å². The summed E-state index contributed by atoms with van der Waals surface area (Å²) in [5.74, 6) is 3.02. The zero-order chi connectivity index (χ0) is 15.5. The summed E-state index contributed by atoms with van der Waals surface area (Å²) >= 11 is 2.12. The van der Waals surface area contributed by atoms with Gasteiger partial charge in [0.05, 0.1) is 0 Å². The topological polar surface area (TPSA) is 29.1 Å². The van der Waals surface area contributed by atoms with Gasteiger partial charge in [-0.15, -0.1) is 0 Å². The van der Waals surface area contributed by atoms with E-state index in [9.17, 15) is 4.79 Å². The van der Waals surface area contributed by atoms with E-state index in [2.05, 4.69) is 37.2 Å². The second kappa shape index (κ2) is 5.16. The van der Waals surface area contributed by atoms with E-state index in [1.807, 2.05) is 0 Å². The number of rotatable bonds is 1. The molecule has 4 rings (SSSR count). The first-order valence-electron chi connectivity index (χ1n) is 9.31. The van der Waals surface area contributed by atoms with Crippen LogP contribution in [-0.4, -0.2) is 23.5 Å².